The Morgan fingerprint density at radius 2 is 1.64 bits per heavy atom. The van der Waals surface area contributed by atoms with Crippen molar-refractivity contribution in [1.29, 1.82) is 0 Å². The highest BCUT2D eigenvalue weighted by Crippen LogP contribution is 2.34. The van der Waals surface area contributed by atoms with E-state index in [-0.39, 0.29) is 29.6 Å². The Labute approximate surface area is 198 Å². The quantitative estimate of drug-likeness (QED) is 0.529. The van der Waals surface area contributed by atoms with Gasteiger partial charge in [0.1, 0.15) is 10.6 Å². The maximum atomic E-state index is 13.1. The molecule has 1 atom stereocenters. The second-order valence-electron chi connectivity index (χ2n) is 7.15. The summed E-state index contributed by atoms with van der Waals surface area (Å²) in [5, 5.41) is 2.35. The zero-order valence-corrected chi connectivity index (χ0v) is 20.6. The number of amides is 1. The van der Waals surface area contributed by atoms with E-state index in [0.29, 0.717) is 30.4 Å². The highest BCUT2D eigenvalue weighted by Gasteiger charge is 2.30. The molecule has 180 valence electrons. The number of carbonyl (C=O) groups is 1. The van der Waals surface area contributed by atoms with E-state index in [2.05, 4.69) is 5.32 Å². The van der Waals surface area contributed by atoms with Crippen LogP contribution in [0.25, 0.3) is 0 Å². The molecule has 9 nitrogen and oxygen atoms in total. The van der Waals surface area contributed by atoms with Crippen molar-refractivity contribution in [3.8, 4) is 17.2 Å². The average molecular weight is 497 g/mol. The molecule has 1 aliphatic heterocycles. The molecule has 11 heteroatoms. The summed E-state index contributed by atoms with van der Waals surface area (Å²) in [4.78, 5) is 13.7. The van der Waals surface area contributed by atoms with Gasteiger partial charge in [-0.15, -0.1) is 11.8 Å². The van der Waals surface area contributed by atoms with E-state index in [4.69, 9.17) is 18.9 Å². The van der Waals surface area contributed by atoms with Gasteiger partial charge in [0.25, 0.3) is 0 Å². The van der Waals surface area contributed by atoms with Crippen molar-refractivity contribution in [3.05, 3.63) is 36.4 Å². The summed E-state index contributed by atoms with van der Waals surface area (Å²) >= 11 is 1.35. The topological polar surface area (TPSA) is 103 Å². The summed E-state index contributed by atoms with van der Waals surface area (Å²) in [6.45, 7) is 2.97. The number of thioether (sulfide) groups is 1. The fourth-order valence-electron chi connectivity index (χ4n) is 3.27. The monoisotopic (exact) mass is 496 g/mol. The van der Waals surface area contributed by atoms with Crippen LogP contribution < -0.4 is 19.5 Å². The van der Waals surface area contributed by atoms with E-state index >= 15 is 0 Å². The third kappa shape index (κ3) is 5.91. The number of hydrogen-bond donors (Lipinski definition) is 1. The van der Waals surface area contributed by atoms with Gasteiger partial charge in [0.2, 0.25) is 15.9 Å². The highest BCUT2D eigenvalue weighted by molar-refractivity contribution is 8.00. The van der Waals surface area contributed by atoms with E-state index in [9.17, 15) is 13.2 Å². The SMILES string of the molecule is COc1ccc(S[C@@H](C)C(=O)Nc2ccc(OC)c(S(=O)(=O)N3CCOCC3)c2)cc1OC. The summed E-state index contributed by atoms with van der Waals surface area (Å²) < 4.78 is 48.7. The molecule has 1 heterocycles. The smallest absolute Gasteiger partial charge is 0.246 e. The zero-order valence-electron chi connectivity index (χ0n) is 19.0. The lowest BCUT2D eigenvalue weighted by Crippen LogP contribution is -2.40. The number of nitrogens with zero attached hydrogens (tertiary/aromatic N) is 1. The number of methoxy groups -OCH3 is 3. The first-order valence-corrected chi connectivity index (χ1v) is 12.6. The molecule has 33 heavy (non-hydrogen) atoms. The number of sulfonamides is 1. The van der Waals surface area contributed by atoms with Gasteiger partial charge >= 0.3 is 0 Å². The number of carbonyl (C=O) groups excluding carboxylic acids is 1. The van der Waals surface area contributed by atoms with Gasteiger partial charge in [-0.3, -0.25) is 4.79 Å². The predicted octanol–water partition coefficient (Wildman–Crippen LogP) is 2.85. The zero-order chi connectivity index (χ0) is 24.0. The van der Waals surface area contributed by atoms with Gasteiger partial charge in [-0.05, 0) is 43.3 Å². The molecule has 0 radical (unpaired) electrons. The minimum atomic E-state index is -3.80. The predicted molar refractivity (Wildman–Crippen MR) is 126 cm³/mol. The number of anilines is 1. The molecule has 0 aromatic heterocycles. The second kappa shape index (κ2) is 11.1. The fourth-order valence-corrected chi connectivity index (χ4v) is 5.76. The van der Waals surface area contributed by atoms with Gasteiger partial charge in [0.05, 0.1) is 39.8 Å². The first kappa shape index (κ1) is 25.2. The van der Waals surface area contributed by atoms with Crippen molar-refractivity contribution in [2.45, 2.75) is 22.0 Å². The Balaban J connectivity index is 1.76. The molecule has 3 rings (SSSR count). The Kier molecular flexibility index (Phi) is 8.46. The molecule has 0 unspecified atom stereocenters. The number of nitrogens with one attached hydrogen (secondary N) is 1. The van der Waals surface area contributed by atoms with E-state index < -0.39 is 15.3 Å². The van der Waals surface area contributed by atoms with E-state index in [1.165, 1.54) is 35.3 Å². The molecule has 1 aliphatic rings. The Bertz CT molecular complexity index is 1090. The normalized spacial score (nSPS) is 15.5. The van der Waals surface area contributed by atoms with Gasteiger partial charge in [-0.25, -0.2) is 8.42 Å². The van der Waals surface area contributed by atoms with Crippen LogP contribution in [0.2, 0.25) is 0 Å². The number of benzene rings is 2. The molecule has 2 aromatic carbocycles. The standard InChI is InChI=1S/C22H28N2O7S2/c1-15(32-17-6-8-18(28-2)20(14-17)30-4)22(25)23-16-5-7-19(29-3)21(13-16)33(26,27)24-9-11-31-12-10-24/h5-8,13-15H,9-12H2,1-4H3,(H,23,25)/t15-/m0/s1. The van der Waals surface area contributed by atoms with Crippen molar-refractivity contribution < 1.29 is 32.2 Å². The molecular formula is C22H28N2O7S2. The van der Waals surface area contributed by atoms with Crippen molar-refractivity contribution in [3.63, 3.8) is 0 Å². The second-order valence-corrected chi connectivity index (χ2v) is 10.5. The van der Waals surface area contributed by atoms with Crippen molar-refractivity contribution in [1.82, 2.24) is 4.31 Å². The molecule has 1 saturated heterocycles. The minimum absolute atomic E-state index is 0.00453. The maximum absolute atomic E-state index is 13.1. The summed E-state index contributed by atoms with van der Waals surface area (Å²) in [7, 11) is 0.719. The van der Waals surface area contributed by atoms with Crippen molar-refractivity contribution in [2.75, 3.05) is 52.9 Å². The van der Waals surface area contributed by atoms with E-state index in [0.717, 1.165) is 4.90 Å². The van der Waals surface area contributed by atoms with Gasteiger partial charge in [0.15, 0.2) is 11.5 Å². The molecule has 0 bridgehead atoms. The molecule has 0 spiro atoms. The lowest BCUT2D eigenvalue weighted by Gasteiger charge is -2.27. The molecule has 1 amide bonds. The fraction of sp³-hybridized carbons (Fsp3) is 0.409. The summed E-state index contributed by atoms with van der Waals surface area (Å²) in [6.07, 6.45) is 0. The number of ether oxygens (including phenoxy) is 4. The summed E-state index contributed by atoms with van der Waals surface area (Å²) in [6, 6.07) is 10.00. The number of morpholine rings is 1. The lowest BCUT2D eigenvalue weighted by molar-refractivity contribution is -0.115. The Morgan fingerprint density at radius 1 is 1.00 bits per heavy atom. The lowest BCUT2D eigenvalue weighted by atomic mass is 10.3. The number of rotatable bonds is 9. The van der Waals surface area contributed by atoms with Crippen LogP contribution in [0, 0.1) is 0 Å². The van der Waals surface area contributed by atoms with Crippen LogP contribution >= 0.6 is 11.8 Å². The van der Waals surface area contributed by atoms with Crippen LogP contribution in [0.5, 0.6) is 17.2 Å². The highest BCUT2D eigenvalue weighted by atomic mass is 32.2. The third-order valence-corrected chi connectivity index (χ3v) is 8.07. The molecule has 0 aliphatic carbocycles. The van der Waals surface area contributed by atoms with Gasteiger partial charge in [-0.1, -0.05) is 0 Å². The largest absolute Gasteiger partial charge is 0.495 e. The Hall–Kier alpha value is -2.47. The van der Waals surface area contributed by atoms with Crippen LogP contribution in [0.4, 0.5) is 5.69 Å². The first-order valence-electron chi connectivity index (χ1n) is 10.3. The summed E-state index contributed by atoms with van der Waals surface area (Å²) in [5.41, 5.74) is 0.368. The minimum Gasteiger partial charge on any atom is -0.495 e. The summed E-state index contributed by atoms with van der Waals surface area (Å²) in [5.74, 6) is 1.12. The van der Waals surface area contributed by atoms with Crippen LogP contribution in [0.15, 0.2) is 46.2 Å². The molecule has 0 saturated carbocycles. The van der Waals surface area contributed by atoms with E-state index in [1.807, 2.05) is 6.07 Å². The van der Waals surface area contributed by atoms with Crippen LogP contribution in [-0.4, -0.2) is 71.5 Å². The molecular weight excluding hydrogens is 468 g/mol. The van der Waals surface area contributed by atoms with Crippen molar-refractivity contribution in [2.24, 2.45) is 0 Å². The van der Waals surface area contributed by atoms with Crippen LogP contribution in [0.3, 0.4) is 0 Å². The Morgan fingerprint density at radius 3 is 2.27 bits per heavy atom. The van der Waals surface area contributed by atoms with Crippen LogP contribution in [0.1, 0.15) is 6.92 Å². The van der Waals surface area contributed by atoms with Crippen molar-refractivity contribution >= 4 is 33.4 Å². The first-order chi connectivity index (χ1) is 15.8. The molecule has 1 N–H and O–H groups in total. The van der Waals surface area contributed by atoms with E-state index in [1.54, 1.807) is 39.3 Å². The molecule has 2 aromatic rings. The van der Waals surface area contributed by atoms with Gasteiger partial charge < -0.3 is 24.3 Å². The third-order valence-electron chi connectivity index (χ3n) is 5.06. The van der Waals surface area contributed by atoms with Gasteiger partial charge in [-0.2, -0.15) is 4.31 Å². The van der Waals surface area contributed by atoms with Crippen LogP contribution in [-0.2, 0) is 19.6 Å². The average Bonchev–Trinajstić information content (AvgIpc) is 2.84. The number of hydrogen-bond acceptors (Lipinski definition) is 8. The molecule has 1 fully saturated rings. The van der Waals surface area contributed by atoms with Gasteiger partial charge in [0, 0.05) is 23.7 Å². The maximum Gasteiger partial charge on any atom is 0.246 e.